The SMILES string of the molecule is Ic1ccccc1C1CCCN1. The highest BCUT2D eigenvalue weighted by Gasteiger charge is 2.17. The van der Waals surface area contributed by atoms with Crippen LogP contribution >= 0.6 is 22.6 Å². The zero-order chi connectivity index (χ0) is 8.39. The minimum absolute atomic E-state index is 0.609. The van der Waals surface area contributed by atoms with E-state index >= 15 is 0 Å². The highest BCUT2D eigenvalue weighted by Crippen LogP contribution is 2.26. The summed E-state index contributed by atoms with van der Waals surface area (Å²) in [6, 6.07) is 9.23. The van der Waals surface area contributed by atoms with E-state index < -0.39 is 0 Å². The van der Waals surface area contributed by atoms with E-state index in [0.29, 0.717) is 6.04 Å². The van der Waals surface area contributed by atoms with E-state index in [-0.39, 0.29) is 0 Å². The molecule has 1 N–H and O–H groups in total. The van der Waals surface area contributed by atoms with E-state index in [9.17, 15) is 0 Å². The van der Waals surface area contributed by atoms with Crippen LogP contribution in [0.25, 0.3) is 0 Å². The molecule has 12 heavy (non-hydrogen) atoms. The zero-order valence-corrected chi connectivity index (χ0v) is 9.04. The summed E-state index contributed by atoms with van der Waals surface area (Å²) < 4.78 is 1.38. The van der Waals surface area contributed by atoms with Crippen LogP contribution in [0.2, 0.25) is 0 Å². The fraction of sp³-hybridized carbons (Fsp3) is 0.400. The highest BCUT2D eigenvalue weighted by atomic mass is 127. The Labute approximate surface area is 86.7 Å². The Hall–Kier alpha value is -0.0900. The molecule has 1 heterocycles. The monoisotopic (exact) mass is 273 g/mol. The van der Waals surface area contributed by atoms with E-state index in [1.807, 2.05) is 0 Å². The van der Waals surface area contributed by atoms with E-state index in [2.05, 4.69) is 52.2 Å². The fourth-order valence-electron chi connectivity index (χ4n) is 1.71. The van der Waals surface area contributed by atoms with E-state index in [4.69, 9.17) is 0 Å². The number of hydrogen-bond acceptors (Lipinski definition) is 1. The van der Waals surface area contributed by atoms with Crippen LogP contribution in [0.1, 0.15) is 24.4 Å². The molecule has 1 atom stereocenters. The number of halogens is 1. The Bertz CT molecular complexity index is 266. The van der Waals surface area contributed by atoms with Gasteiger partial charge in [0.05, 0.1) is 0 Å². The summed E-state index contributed by atoms with van der Waals surface area (Å²) in [6.45, 7) is 1.18. The van der Waals surface area contributed by atoms with Gasteiger partial charge in [-0.1, -0.05) is 18.2 Å². The van der Waals surface area contributed by atoms with Gasteiger partial charge in [0.2, 0.25) is 0 Å². The third-order valence-electron chi connectivity index (χ3n) is 2.34. The largest absolute Gasteiger partial charge is 0.310 e. The molecule has 2 heteroatoms. The molecule has 0 spiro atoms. The molecule has 0 aromatic heterocycles. The summed E-state index contributed by atoms with van der Waals surface area (Å²) in [5.74, 6) is 0. The molecule has 0 bridgehead atoms. The quantitative estimate of drug-likeness (QED) is 0.776. The van der Waals surface area contributed by atoms with Gasteiger partial charge < -0.3 is 5.32 Å². The van der Waals surface area contributed by atoms with Crippen LogP contribution in [0.5, 0.6) is 0 Å². The molecule has 1 unspecified atom stereocenters. The van der Waals surface area contributed by atoms with Gasteiger partial charge >= 0.3 is 0 Å². The third-order valence-corrected chi connectivity index (χ3v) is 3.32. The molecular formula is C10H12IN. The smallest absolute Gasteiger partial charge is 0.0331 e. The zero-order valence-electron chi connectivity index (χ0n) is 6.89. The van der Waals surface area contributed by atoms with Gasteiger partial charge in [0.1, 0.15) is 0 Å². The molecule has 0 aliphatic carbocycles. The maximum Gasteiger partial charge on any atom is 0.0331 e. The average molecular weight is 273 g/mol. The summed E-state index contributed by atoms with van der Waals surface area (Å²) in [4.78, 5) is 0. The average Bonchev–Trinajstić information content (AvgIpc) is 2.57. The summed E-state index contributed by atoms with van der Waals surface area (Å²) in [5, 5.41) is 3.51. The van der Waals surface area contributed by atoms with Crippen molar-refractivity contribution >= 4 is 22.6 Å². The van der Waals surface area contributed by atoms with Gasteiger partial charge in [-0.25, -0.2) is 0 Å². The predicted octanol–water partition coefficient (Wildman–Crippen LogP) is 2.72. The first-order valence-corrected chi connectivity index (χ1v) is 5.43. The Balaban J connectivity index is 2.26. The molecule has 1 fully saturated rings. The van der Waals surface area contributed by atoms with Crippen molar-refractivity contribution in [1.82, 2.24) is 5.32 Å². The van der Waals surface area contributed by atoms with Crippen molar-refractivity contribution < 1.29 is 0 Å². The maximum absolute atomic E-state index is 3.51. The second-order valence-corrected chi connectivity index (χ2v) is 4.33. The van der Waals surface area contributed by atoms with Gasteiger partial charge in [-0.05, 0) is 53.6 Å². The van der Waals surface area contributed by atoms with Crippen LogP contribution in [-0.4, -0.2) is 6.54 Å². The van der Waals surface area contributed by atoms with Crippen LogP contribution in [0.3, 0.4) is 0 Å². The molecule has 0 amide bonds. The molecule has 64 valence electrons. The first kappa shape index (κ1) is 8.51. The first-order chi connectivity index (χ1) is 5.88. The molecule has 0 saturated carbocycles. The van der Waals surface area contributed by atoms with Gasteiger partial charge in [0, 0.05) is 9.61 Å². The molecule has 1 aliphatic heterocycles. The Kier molecular flexibility index (Phi) is 2.66. The van der Waals surface area contributed by atoms with Crippen molar-refractivity contribution in [1.29, 1.82) is 0 Å². The second-order valence-electron chi connectivity index (χ2n) is 3.17. The van der Waals surface area contributed by atoms with Gasteiger partial charge in [0.25, 0.3) is 0 Å². The van der Waals surface area contributed by atoms with Crippen LogP contribution in [0, 0.1) is 3.57 Å². The molecule has 0 radical (unpaired) electrons. The lowest BCUT2D eigenvalue weighted by Gasteiger charge is -2.11. The van der Waals surface area contributed by atoms with Gasteiger partial charge in [-0.15, -0.1) is 0 Å². The Morgan fingerprint density at radius 1 is 1.33 bits per heavy atom. The predicted molar refractivity (Wildman–Crippen MR) is 59.1 cm³/mol. The molecule has 1 saturated heterocycles. The number of benzene rings is 1. The number of rotatable bonds is 1. The highest BCUT2D eigenvalue weighted by molar-refractivity contribution is 14.1. The van der Waals surface area contributed by atoms with E-state index in [1.54, 1.807) is 0 Å². The van der Waals surface area contributed by atoms with E-state index in [0.717, 1.165) is 0 Å². The number of nitrogens with one attached hydrogen (secondary N) is 1. The molecule has 1 aromatic carbocycles. The molecule has 1 aliphatic rings. The minimum atomic E-state index is 0.609. The van der Waals surface area contributed by atoms with Crippen molar-refractivity contribution in [2.45, 2.75) is 18.9 Å². The van der Waals surface area contributed by atoms with Gasteiger partial charge in [0.15, 0.2) is 0 Å². The van der Waals surface area contributed by atoms with Crippen LogP contribution in [-0.2, 0) is 0 Å². The molecular weight excluding hydrogens is 261 g/mol. The van der Waals surface area contributed by atoms with Crippen molar-refractivity contribution in [2.24, 2.45) is 0 Å². The third kappa shape index (κ3) is 1.64. The van der Waals surface area contributed by atoms with Gasteiger partial charge in [-0.3, -0.25) is 0 Å². The Morgan fingerprint density at radius 3 is 2.83 bits per heavy atom. The second kappa shape index (κ2) is 3.75. The van der Waals surface area contributed by atoms with Crippen LogP contribution in [0.15, 0.2) is 24.3 Å². The molecule has 1 aromatic rings. The van der Waals surface area contributed by atoms with E-state index in [1.165, 1.54) is 28.5 Å². The summed E-state index contributed by atoms with van der Waals surface area (Å²) in [7, 11) is 0. The van der Waals surface area contributed by atoms with Crippen molar-refractivity contribution in [2.75, 3.05) is 6.54 Å². The van der Waals surface area contributed by atoms with Crippen LogP contribution in [0.4, 0.5) is 0 Å². The van der Waals surface area contributed by atoms with Gasteiger partial charge in [-0.2, -0.15) is 0 Å². The van der Waals surface area contributed by atoms with Crippen molar-refractivity contribution in [3.8, 4) is 0 Å². The topological polar surface area (TPSA) is 12.0 Å². The standard InChI is InChI=1S/C10H12IN/c11-9-5-2-1-4-8(9)10-6-3-7-12-10/h1-2,4-5,10,12H,3,6-7H2. The summed E-state index contributed by atoms with van der Waals surface area (Å²) >= 11 is 2.41. The summed E-state index contributed by atoms with van der Waals surface area (Å²) in [5.41, 5.74) is 1.47. The van der Waals surface area contributed by atoms with Crippen molar-refractivity contribution in [3.05, 3.63) is 33.4 Å². The lowest BCUT2D eigenvalue weighted by atomic mass is 10.1. The first-order valence-electron chi connectivity index (χ1n) is 4.36. The normalized spacial score (nSPS) is 22.9. The summed E-state index contributed by atoms with van der Waals surface area (Å²) in [6.07, 6.45) is 2.61. The fourth-order valence-corrected chi connectivity index (χ4v) is 2.47. The minimum Gasteiger partial charge on any atom is -0.310 e. The number of hydrogen-bond donors (Lipinski definition) is 1. The molecule has 2 rings (SSSR count). The van der Waals surface area contributed by atoms with Crippen molar-refractivity contribution in [3.63, 3.8) is 0 Å². The Morgan fingerprint density at radius 2 is 2.17 bits per heavy atom. The lowest BCUT2D eigenvalue weighted by molar-refractivity contribution is 0.644. The maximum atomic E-state index is 3.51. The van der Waals surface area contributed by atoms with Crippen LogP contribution < -0.4 is 5.32 Å². The lowest BCUT2D eigenvalue weighted by Crippen LogP contribution is -2.13. The molecule has 1 nitrogen and oxygen atoms in total.